The second-order valence-corrected chi connectivity index (χ2v) is 3.17. The van der Waals surface area contributed by atoms with Gasteiger partial charge in [-0.2, -0.15) is 0 Å². The van der Waals surface area contributed by atoms with E-state index in [1.54, 1.807) is 14.0 Å². The number of rotatable bonds is 2. The number of aliphatic hydroxyl groups excluding tert-OH is 1. The Morgan fingerprint density at radius 2 is 2.42 bits per heavy atom. The van der Waals surface area contributed by atoms with Gasteiger partial charge in [0.25, 0.3) is 0 Å². The van der Waals surface area contributed by atoms with Crippen molar-refractivity contribution in [2.45, 2.75) is 38.8 Å². The summed E-state index contributed by atoms with van der Waals surface area (Å²) < 4.78 is 10.6. The van der Waals surface area contributed by atoms with E-state index in [1.165, 1.54) is 0 Å². The van der Waals surface area contributed by atoms with Gasteiger partial charge in [0, 0.05) is 7.11 Å². The molecule has 0 aromatic rings. The molecular formula is C9H16O3. The van der Waals surface area contributed by atoms with E-state index >= 15 is 0 Å². The minimum Gasteiger partial charge on any atom is -0.391 e. The minimum absolute atomic E-state index is 0.126. The van der Waals surface area contributed by atoms with E-state index in [1.807, 2.05) is 6.92 Å². The minimum atomic E-state index is -0.438. The fourth-order valence-corrected chi connectivity index (χ4v) is 1.27. The van der Waals surface area contributed by atoms with Crippen LogP contribution in [-0.2, 0) is 9.47 Å². The lowest BCUT2D eigenvalue weighted by Gasteiger charge is -2.29. The zero-order chi connectivity index (χ0) is 9.14. The summed E-state index contributed by atoms with van der Waals surface area (Å²) in [6.07, 6.45) is 1.97. The maximum Gasteiger partial charge on any atom is 0.179 e. The van der Waals surface area contributed by atoms with E-state index in [0.29, 0.717) is 0 Å². The molecule has 1 rings (SSSR count). The Morgan fingerprint density at radius 1 is 1.75 bits per heavy atom. The van der Waals surface area contributed by atoms with Crippen LogP contribution in [0.15, 0.2) is 11.6 Å². The van der Waals surface area contributed by atoms with E-state index in [4.69, 9.17) is 9.47 Å². The van der Waals surface area contributed by atoms with Crippen LogP contribution in [0.3, 0.4) is 0 Å². The third kappa shape index (κ3) is 2.06. The fourth-order valence-electron chi connectivity index (χ4n) is 1.27. The third-order valence-electron chi connectivity index (χ3n) is 2.09. The van der Waals surface area contributed by atoms with Gasteiger partial charge in [0.1, 0.15) is 0 Å². The molecule has 0 aliphatic carbocycles. The second-order valence-electron chi connectivity index (χ2n) is 3.17. The number of methoxy groups -OCH3 is 1. The first-order valence-corrected chi connectivity index (χ1v) is 4.18. The zero-order valence-electron chi connectivity index (χ0n) is 7.78. The van der Waals surface area contributed by atoms with Crippen molar-refractivity contribution in [3.63, 3.8) is 0 Å². The van der Waals surface area contributed by atoms with Crippen molar-refractivity contribution in [1.29, 1.82) is 0 Å². The van der Waals surface area contributed by atoms with Gasteiger partial charge in [-0.3, -0.25) is 0 Å². The summed E-state index contributed by atoms with van der Waals surface area (Å²) in [4.78, 5) is 0. The lowest BCUT2D eigenvalue weighted by atomic mass is 10.1. The predicted molar refractivity (Wildman–Crippen MR) is 45.7 cm³/mol. The summed E-state index contributed by atoms with van der Waals surface area (Å²) in [5.41, 5.74) is 1.08. The van der Waals surface area contributed by atoms with Gasteiger partial charge in [0.15, 0.2) is 6.29 Å². The van der Waals surface area contributed by atoms with Crippen LogP contribution in [0.5, 0.6) is 0 Å². The average Bonchev–Trinajstić information content (AvgIpc) is 2.05. The number of ether oxygens (including phenoxy) is 2. The number of hydrogen-bond donors (Lipinski definition) is 1. The largest absolute Gasteiger partial charge is 0.391 e. The molecule has 0 radical (unpaired) electrons. The molecule has 3 nitrogen and oxygen atoms in total. The quantitative estimate of drug-likeness (QED) is 0.633. The molecule has 0 saturated carbocycles. The highest BCUT2D eigenvalue weighted by atomic mass is 16.7. The molecule has 0 saturated heterocycles. The molecule has 0 fully saturated rings. The van der Waals surface area contributed by atoms with E-state index in [-0.39, 0.29) is 12.4 Å². The lowest BCUT2D eigenvalue weighted by Crippen LogP contribution is -2.35. The van der Waals surface area contributed by atoms with Gasteiger partial charge in [-0.1, -0.05) is 6.08 Å². The van der Waals surface area contributed by atoms with Crippen LogP contribution in [0.1, 0.15) is 20.3 Å². The second kappa shape index (κ2) is 4.03. The summed E-state index contributed by atoms with van der Waals surface area (Å²) >= 11 is 0. The van der Waals surface area contributed by atoms with E-state index in [0.717, 1.165) is 12.0 Å². The molecule has 1 aliphatic rings. The zero-order valence-corrected chi connectivity index (χ0v) is 7.78. The van der Waals surface area contributed by atoms with Crippen LogP contribution < -0.4 is 0 Å². The van der Waals surface area contributed by atoms with Crippen molar-refractivity contribution in [2.24, 2.45) is 0 Å². The summed E-state index contributed by atoms with van der Waals surface area (Å²) in [6, 6.07) is 0. The predicted octanol–water partition coefficient (Wildman–Crippen LogP) is 1.07. The Kier molecular flexibility index (Phi) is 3.26. The molecule has 70 valence electrons. The third-order valence-corrected chi connectivity index (χ3v) is 2.09. The van der Waals surface area contributed by atoms with Crippen molar-refractivity contribution in [2.75, 3.05) is 7.11 Å². The molecule has 0 spiro atoms. The standard InChI is InChI=1S/C9H16O3/c1-6-4-5-8(7(2)10)12-9(6)11-3/h4,7-10H,5H2,1-3H3/t7?,8-,9-/m0/s1. The molecule has 0 aromatic carbocycles. The maximum atomic E-state index is 9.27. The Bertz CT molecular complexity index is 175. The van der Waals surface area contributed by atoms with Crippen LogP contribution in [-0.4, -0.2) is 30.7 Å². The molecule has 0 amide bonds. The summed E-state index contributed by atoms with van der Waals surface area (Å²) in [5.74, 6) is 0. The smallest absolute Gasteiger partial charge is 0.179 e. The SMILES string of the molecule is CO[C@H]1O[C@H](C(C)O)CC=C1C. The fraction of sp³-hybridized carbons (Fsp3) is 0.778. The van der Waals surface area contributed by atoms with Gasteiger partial charge in [-0.15, -0.1) is 0 Å². The summed E-state index contributed by atoms with van der Waals surface area (Å²) in [5, 5.41) is 9.27. The van der Waals surface area contributed by atoms with Crippen molar-refractivity contribution in [3.05, 3.63) is 11.6 Å². The van der Waals surface area contributed by atoms with Gasteiger partial charge in [0.05, 0.1) is 12.2 Å². The van der Waals surface area contributed by atoms with Crippen LogP contribution in [0, 0.1) is 0 Å². The molecule has 1 N–H and O–H groups in total. The molecule has 3 atom stereocenters. The molecule has 3 heteroatoms. The van der Waals surface area contributed by atoms with E-state index < -0.39 is 6.10 Å². The first kappa shape index (κ1) is 9.71. The molecule has 1 heterocycles. The van der Waals surface area contributed by atoms with Gasteiger partial charge in [0.2, 0.25) is 0 Å². The molecule has 0 bridgehead atoms. The summed E-state index contributed by atoms with van der Waals surface area (Å²) in [6.45, 7) is 3.69. The lowest BCUT2D eigenvalue weighted by molar-refractivity contribution is -0.163. The van der Waals surface area contributed by atoms with Crippen LogP contribution in [0.4, 0.5) is 0 Å². The number of hydrogen-bond acceptors (Lipinski definition) is 3. The molecule has 0 aromatic heterocycles. The van der Waals surface area contributed by atoms with Crippen molar-refractivity contribution >= 4 is 0 Å². The van der Waals surface area contributed by atoms with Crippen molar-refractivity contribution in [1.82, 2.24) is 0 Å². The van der Waals surface area contributed by atoms with E-state index in [2.05, 4.69) is 6.08 Å². The van der Waals surface area contributed by atoms with Gasteiger partial charge >= 0.3 is 0 Å². The number of aliphatic hydroxyl groups is 1. The highest BCUT2D eigenvalue weighted by Crippen LogP contribution is 2.21. The Balaban J connectivity index is 2.58. The molecule has 12 heavy (non-hydrogen) atoms. The first-order valence-electron chi connectivity index (χ1n) is 4.18. The van der Waals surface area contributed by atoms with Gasteiger partial charge < -0.3 is 14.6 Å². The molecular weight excluding hydrogens is 156 g/mol. The Labute approximate surface area is 73.0 Å². The summed E-state index contributed by atoms with van der Waals surface area (Å²) in [7, 11) is 1.60. The topological polar surface area (TPSA) is 38.7 Å². The van der Waals surface area contributed by atoms with Crippen LogP contribution in [0.2, 0.25) is 0 Å². The average molecular weight is 172 g/mol. The molecule has 1 aliphatic heterocycles. The normalized spacial score (nSPS) is 32.8. The molecule has 1 unspecified atom stereocenters. The highest BCUT2D eigenvalue weighted by molar-refractivity contribution is 5.06. The van der Waals surface area contributed by atoms with Gasteiger partial charge in [-0.25, -0.2) is 0 Å². The monoisotopic (exact) mass is 172 g/mol. The first-order chi connectivity index (χ1) is 5.65. The van der Waals surface area contributed by atoms with Crippen molar-refractivity contribution < 1.29 is 14.6 Å². The Hall–Kier alpha value is -0.380. The maximum absolute atomic E-state index is 9.27. The Morgan fingerprint density at radius 3 is 2.92 bits per heavy atom. The highest BCUT2D eigenvalue weighted by Gasteiger charge is 2.24. The van der Waals surface area contributed by atoms with Crippen LogP contribution >= 0.6 is 0 Å². The van der Waals surface area contributed by atoms with E-state index in [9.17, 15) is 5.11 Å². The van der Waals surface area contributed by atoms with Crippen molar-refractivity contribution in [3.8, 4) is 0 Å². The van der Waals surface area contributed by atoms with Gasteiger partial charge in [-0.05, 0) is 25.8 Å². The van der Waals surface area contributed by atoms with Crippen LogP contribution in [0.25, 0.3) is 0 Å².